The van der Waals surface area contributed by atoms with Gasteiger partial charge in [-0.05, 0) is 46.7 Å². The van der Waals surface area contributed by atoms with E-state index in [1.54, 1.807) is 0 Å². The summed E-state index contributed by atoms with van der Waals surface area (Å²) in [5.41, 5.74) is 3.30. The van der Waals surface area contributed by atoms with Crippen molar-refractivity contribution in [3.63, 3.8) is 0 Å². The van der Waals surface area contributed by atoms with Crippen molar-refractivity contribution in [1.82, 2.24) is 0 Å². The zero-order valence-corrected chi connectivity index (χ0v) is 15.0. The van der Waals surface area contributed by atoms with E-state index in [0.29, 0.717) is 0 Å². The predicted molar refractivity (Wildman–Crippen MR) is 117 cm³/mol. The van der Waals surface area contributed by atoms with E-state index in [9.17, 15) is 0 Å². The topological polar surface area (TPSA) is 12.0 Å². The fraction of sp³-hybridized carbons (Fsp3) is 0. The van der Waals surface area contributed by atoms with Gasteiger partial charge in [0.15, 0.2) is 0 Å². The minimum Gasteiger partial charge on any atom is -0.355 e. The van der Waals surface area contributed by atoms with E-state index in [4.69, 9.17) is 0 Å². The Labute approximate surface area is 156 Å². The molecule has 0 spiro atoms. The largest absolute Gasteiger partial charge is 0.355 e. The van der Waals surface area contributed by atoms with E-state index in [2.05, 4.69) is 84.7 Å². The molecule has 1 N–H and O–H groups in total. The molecule has 0 aliphatic heterocycles. The fourth-order valence-corrected chi connectivity index (χ4v) is 4.69. The van der Waals surface area contributed by atoms with E-state index in [1.165, 1.54) is 30.9 Å². The van der Waals surface area contributed by atoms with Gasteiger partial charge in [0.25, 0.3) is 0 Å². The number of nitrogens with one attached hydrogen (secondary N) is 1. The SMILES string of the molecule is C=Cc1cccc(Nc2ccc3c(c2)sc2ccc4ccccc4c23)c1. The summed E-state index contributed by atoms with van der Waals surface area (Å²) in [5, 5.41) is 8.83. The highest BCUT2D eigenvalue weighted by atomic mass is 32.1. The van der Waals surface area contributed by atoms with Gasteiger partial charge in [0.2, 0.25) is 0 Å². The second-order valence-electron chi connectivity index (χ2n) is 6.43. The minimum atomic E-state index is 1.08. The Bertz CT molecular complexity index is 1280. The van der Waals surface area contributed by atoms with Gasteiger partial charge in [-0.25, -0.2) is 0 Å². The molecule has 0 amide bonds. The Hall–Kier alpha value is -3.10. The zero-order valence-electron chi connectivity index (χ0n) is 14.2. The first-order valence-corrected chi connectivity index (χ1v) is 9.47. The molecule has 0 bridgehead atoms. The van der Waals surface area contributed by atoms with Crippen LogP contribution in [0.25, 0.3) is 37.0 Å². The quantitative estimate of drug-likeness (QED) is 0.353. The van der Waals surface area contributed by atoms with Crippen molar-refractivity contribution in [2.45, 2.75) is 0 Å². The lowest BCUT2D eigenvalue weighted by atomic mass is 10.0. The Morgan fingerprint density at radius 3 is 2.54 bits per heavy atom. The molecule has 4 aromatic carbocycles. The van der Waals surface area contributed by atoms with Gasteiger partial charge in [-0.3, -0.25) is 0 Å². The van der Waals surface area contributed by atoms with Crippen LogP contribution in [0.2, 0.25) is 0 Å². The molecule has 0 fully saturated rings. The highest BCUT2D eigenvalue weighted by molar-refractivity contribution is 7.26. The molecule has 124 valence electrons. The Balaban J connectivity index is 1.64. The van der Waals surface area contributed by atoms with Crippen molar-refractivity contribution in [2.24, 2.45) is 0 Å². The molecule has 0 radical (unpaired) electrons. The molecule has 1 nitrogen and oxygen atoms in total. The Morgan fingerprint density at radius 1 is 0.731 bits per heavy atom. The summed E-state index contributed by atoms with van der Waals surface area (Å²) >= 11 is 1.85. The molecule has 2 heteroatoms. The van der Waals surface area contributed by atoms with E-state index in [0.717, 1.165) is 16.9 Å². The molecular weight excluding hydrogens is 334 g/mol. The summed E-state index contributed by atoms with van der Waals surface area (Å²) in [4.78, 5) is 0. The molecule has 0 saturated heterocycles. The zero-order chi connectivity index (χ0) is 17.5. The molecule has 1 heterocycles. The van der Waals surface area contributed by atoms with Crippen LogP contribution >= 0.6 is 11.3 Å². The average Bonchev–Trinajstić information content (AvgIpc) is 3.06. The standard InChI is InChI=1S/C24H17NS/c1-2-16-6-5-8-18(14-16)25-19-11-12-21-23(15-19)26-22-13-10-17-7-3-4-9-20(17)24(21)22/h2-15,25H,1H2. The molecule has 26 heavy (non-hydrogen) atoms. The van der Waals surface area contributed by atoms with E-state index < -0.39 is 0 Å². The number of fused-ring (bicyclic) bond motifs is 5. The van der Waals surface area contributed by atoms with Crippen molar-refractivity contribution in [1.29, 1.82) is 0 Å². The summed E-state index contributed by atoms with van der Waals surface area (Å²) < 4.78 is 2.64. The highest BCUT2D eigenvalue weighted by Crippen LogP contribution is 2.39. The van der Waals surface area contributed by atoms with Crippen molar-refractivity contribution < 1.29 is 0 Å². The van der Waals surface area contributed by atoms with Crippen LogP contribution < -0.4 is 5.32 Å². The van der Waals surface area contributed by atoms with Crippen LogP contribution in [-0.2, 0) is 0 Å². The molecule has 0 atom stereocenters. The van der Waals surface area contributed by atoms with Crippen LogP contribution in [0.1, 0.15) is 5.56 Å². The third-order valence-corrected chi connectivity index (χ3v) is 5.89. The number of rotatable bonds is 3. The van der Waals surface area contributed by atoms with Crippen molar-refractivity contribution in [3.05, 3.63) is 91.0 Å². The minimum absolute atomic E-state index is 1.08. The van der Waals surface area contributed by atoms with Gasteiger partial charge in [-0.15, -0.1) is 11.3 Å². The lowest BCUT2D eigenvalue weighted by Gasteiger charge is -2.07. The van der Waals surface area contributed by atoms with Crippen molar-refractivity contribution in [2.75, 3.05) is 5.32 Å². The molecule has 1 aromatic heterocycles. The number of benzene rings is 4. The van der Waals surface area contributed by atoms with Crippen molar-refractivity contribution in [3.8, 4) is 0 Å². The highest BCUT2D eigenvalue weighted by Gasteiger charge is 2.09. The lowest BCUT2D eigenvalue weighted by Crippen LogP contribution is -1.89. The first-order chi connectivity index (χ1) is 12.8. The van der Waals surface area contributed by atoms with Gasteiger partial charge in [0, 0.05) is 31.5 Å². The summed E-state index contributed by atoms with van der Waals surface area (Å²) in [7, 11) is 0. The number of hydrogen-bond acceptors (Lipinski definition) is 2. The van der Waals surface area contributed by atoms with Gasteiger partial charge < -0.3 is 5.32 Å². The third kappa shape index (κ3) is 2.47. The molecule has 5 aromatic rings. The number of hydrogen-bond donors (Lipinski definition) is 1. The number of thiophene rings is 1. The molecular formula is C24H17NS. The summed E-state index contributed by atoms with van der Waals surface area (Å²) in [6, 6.07) is 28.0. The molecule has 0 unspecified atom stereocenters. The van der Waals surface area contributed by atoms with Gasteiger partial charge in [0.05, 0.1) is 0 Å². The van der Waals surface area contributed by atoms with Crippen LogP contribution in [0.5, 0.6) is 0 Å². The monoisotopic (exact) mass is 351 g/mol. The van der Waals surface area contributed by atoms with E-state index in [1.807, 2.05) is 23.5 Å². The normalized spacial score (nSPS) is 11.2. The van der Waals surface area contributed by atoms with Crippen LogP contribution in [0.4, 0.5) is 11.4 Å². The maximum atomic E-state index is 3.84. The van der Waals surface area contributed by atoms with Gasteiger partial charge in [-0.2, -0.15) is 0 Å². The molecule has 5 rings (SSSR count). The second-order valence-corrected chi connectivity index (χ2v) is 7.51. The predicted octanol–water partition coefficient (Wildman–Crippen LogP) is 7.59. The van der Waals surface area contributed by atoms with E-state index >= 15 is 0 Å². The van der Waals surface area contributed by atoms with Crippen LogP contribution in [0.3, 0.4) is 0 Å². The van der Waals surface area contributed by atoms with Crippen LogP contribution in [0.15, 0.2) is 85.4 Å². The summed E-state index contributed by atoms with van der Waals surface area (Å²) in [5.74, 6) is 0. The fourth-order valence-electron chi connectivity index (χ4n) is 3.53. The second kappa shape index (κ2) is 6.01. The average molecular weight is 351 g/mol. The summed E-state index contributed by atoms with van der Waals surface area (Å²) in [6.45, 7) is 3.84. The third-order valence-electron chi connectivity index (χ3n) is 4.77. The van der Waals surface area contributed by atoms with Gasteiger partial charge >= 0.3 is 0 Å². The van der Waals surface area contributed by atoms with Crippen LogP contribution in [-0.4, -0.2) is 0 Å². The smallest absolute Gasteiger partial charge is 0.0398 e. The van der Waals surface area contributed by atoms with E-state index in [-0.39, 0.29) is 0 Å². The van der Waals surface area contributed by atoms with Crippen LogP contribution in [0, 0.1) is 0 Å². The summed E-state index contributed by atoms with van der Waals surface area (Å²) in [6.07, 6.45) is 1.87. The maximum absolute atomic E-state index is 3.84. The molecule has 0 aliphatic carbocycles. The molecule has 0 saturated carbocycles. The maximum Gasteiger partial charge on any atom is 0.0398 e. The first kappa shape index (κ1) is 15.2. The number of anilines is 2. The Morgan fingerprint density at radius 2 is 1.62 bits per heavy atom. The van der Waals surface area contributed by atoms with Crippen molar-refractivity contribution >= 4 is 59.7 Å². The Kier molecular flexibility index (Phi) is 3.51. The van der Waals surface area contributed by atoms with Gasteiger partial charge in [-0.1, -0.05) is 61.2 Å². The van der Waals surface area contributed by atoms with Gasteiger partial charge in [0.1, 0.15) is 0 Å². The first-order valence-electron chi connectivity index (χ1n) is 8.65. The lowest BCUT2D eigenvalue weighted by molar-refractivity contribution is 1.56. The molecule has 0 aliphatic rings.